The first kappa shape index (κ1) is 16.4. The zero-order valence-electron chi connectivity index (χ0n) is 10.9. The molecule has 1 aliphatic heterocycles. The van der Waals surface area contributed by atoms with Gasteiger partial charge in [0.1, 0.15) is 0 Å². The number of nitrogens with zero attached hydrogens (tertiary/aromatic N) is 1. The molecule has 0 bridgehead atoms. The van der Waals surface area contributed by atoms with E-state index >= 15 is 0 Å². The molecule has 0 aromatic heterocycles. The number of carbonyl (C=O) groups is 1. The molecule has 1 saturated heterocycles. The number of hydrogen-bond acceptors (Lipinski definition) is 3. The Kier molecular flexibility index (Phi) is 6.79. The van der Waals surface area contributed by atoms with Gasteiger partial charge < -0.3 is 10.6 Å². The van der Waals surface area contributed by atoms with E-state index in [2.05, 4.69) is 38.4 Å². The highest BCUT2D eigenvalue weighted by Crippen LogP contribution is 2.21. The van der Waals surface area contributed by atoms with Crippen molar-refractivity contribution in [1.29, 1.82) is 0 Å². The summed E-state index contributed by atoms with van der Waals surface area (Å²) in [5, 5.41) is 6.25. The van der Waals surface area contributed by atoms with Crippen LogP contribution in [0.5, 0.6) is 0 Å². The van der Waals surface area contributed by atoms with Gasteiger partial charge in [-0.1, -0.05) is 12.1 Å². The molecule has 1 aliphatic rings. The van der Waals surface area contributed by atoms with Gasteiger partial charge in [0.15, 0.2) is 0 Å². The Bertz CT molecular complexity index is 430. The fraction of sp³-hybridized carbons (Fsp3) is 0.462. The monoisotopic (exact) mass is 347 g/mol. The lowest BCUT2D eigenvalue weighted by Gasteiger charge is -2.33. The van der Waals surface area contributed by atoms with Crippen molar-refractivity contribution in [2.75, 3.05) is 31.5 Å². The quantitative estimate of drug-likeness (QED) is 0.879. The summed E-state index contributed by atoms with van der Waals surface area (Å²) < 4.78 is 0.909. The van der Waals surface area contributed by atoms with Crippen molar-refractivity contribution in [3.8, 4) is 0 Å². The number of anilines is 1. The Morgan fingerprint density at radius 3 is 2.95 bits per heavy atom. The third-order valence-electron chi connectivity index (χ3n) is 3.13. The summed E-state index contributed by atoms with van der Waals surface area (Å²) in [5.41, 5.74) is 0.824. The predicted molar refractivity (Wildman–Crippen MR) is 83.9 cm³/mol. The molecule has 0 spiro atoms. The number of halogens is 2. The second kappa shape index (κ2) is 7.85. The summed E-state index contributed by atoms with van der Waals surface area (Å²) in [7, 11) is 0. The molecule has 106 valence electrons. The van der Waals surface area contributed by atoms with Crippen molar-refractivity contribution in [3.63, 3.8) is 0 Å². The van der Waals surface area contributed by atoms with Crippen molar-refractivity contribution in [2.24, 2.45) is 0 Å². The molecule has 0 saturated carbocycles. The fourth-order valence-corrected chi connectivity index (χ4v) is 2.44. The van der Waals surface area contributed by atoms with Crippen molar-refractivity contribution in [3.05, 3.63) is 28.7 Å². The average molecular weight is 349 g/mol. The summed E-state index contributed by atoms with van der Waals surface area (Å²) in [6, 6.07) is 8.06. The van der Waals surface area contributed by atoms with Gasteiger partial charge in [0.25, 0.3) is 0 Å². The Hall–Kier alpha value is -0.620. The highest BCUT2D eigenvalue weighted by Gasteiger charge is 2.20. The molecule has 1 heterocycles. The van der Waals surface area contributed by atoms with Gasteiger partial charge in [-0.3, -0.25) is 9.69 Å². The number of para-hydroxylation sites is 1. The summed E-state index contributed by atoms with van der Waals surface area (Å²) in [6.07, 6.45) is 0. The first-order chi connectivity index (χ1) is 8.66. The van der Waals surface area contributed by atoms with Crippen LogP contribution in [0.1, 0.15) is 6.92 Å². The second-order valence-corrected chi connectivity index (χ2v) is 5.41. The molecule has 2 rings (SSSR count). The molecule has 1 atom stereocenters. The number of benzene rings is 1. The van der Waals surface area contributed by atoms with E-state index in [-0.39, 0.29) is 18.3 Å². The minimum atomic E-state index is 0. The summed E-state index contributed by atoms with van der Waals surface area (Å²) in [4.78, 5) is 14.2. The van der Waals surface area contributed by atoms with Gasteiger partial charge >= 0.3 is 0 Å². The number of rotatable bonds is 3. The SMILES string of the molecule is C[C@H]1CNCCN1CC(=O)Nc1ccccc1Br.Cl. The van der Waals surface area contributed by atoms with E-state index in [1.165, 1.54) is 0 Å². The molecule has 1 aromatic rings. The fourth-order valence-electron chi connectivity index (χ4n) is 2.05. The van der Waals surface area contributed by atoms with Gasteiger partial charge in [0.05, 0.1) is 12.2 Å². The molecule has 19 heavy (non-hydrogen) atoms. The zero-order chi connectivity index (χ0) is 13.0. The van der Waals surface area contributed by atoms with Crippen LogP contribution in [0.2, 0.25) is 0 Å². The molecule has 0 unspecified atom stereocenters. The Labute approximate surface area is 128 Å². The minimum Gasteiger partial charge on any atom is -0.324 e. The van der Waals surface area contributed by atoms with Gasteiger partial charge in [-0.15, -0.1) is 12.4 Å². The van der Waals surface area contributed by atoms with Crippen LogP contribution in [-0.2, 0) is 4.79 Å². The number of hydrogen-bond donors (Lipinski definition) is 2. The standard InChI is InChI=1S/C13H18BrN3O.ClH/c1-10-8-15-6-7-17(10)9-13(18)16-12-5-3-2-4-11(12)14;/h2-5,10,15H,6-9H2,1H3,(H,16,18);1H/t10-;/m0./s1. The molecule has 1 amide bonds. The third-order valence-corrected chi connectivity index (χ3v) is 3.83. The van der Waals surface area contributed by atoms with Crippen molar-refractivity contribution in [1.82, 2.24) is 10.2 Å². The zero-order valence-corrected chi connectivity index (χ0v) is 13.3. The first-order valence-electron chi connectivity index (χ1n) is 6.16. The van der Waals surface area contributed by atoms with Gasteiger partial charge in [0.2, 0.25) is 5.91 Å². The van der Waals surface area contributed by atoms with Crippen LogP contribution in [0, 0.1) is 0 Å². The van der Waals surface area contributed by atoms with Gasteiger partial charge in [0, 0.05) is 30.1 Å². The van der Waals surface area contributed by atoms with Crippen LogP contribution < -0.4 is 10.6 Å². The Balaban J connectivity index is 0.00000180. The van der Waals surface area contributed by atoms with E-state index in [0.717, 1.165) is 29.8 Å². The third kappa shape index (κ3) is 4.76. The Morgan fingerprint density at radius 1 is 1.53 bits per heavy atom. The number of nitrogens with one attached hydrogen (secondary N) is 2. The molecular weight excluding hydrogens is 330 g/mol. The summed E-state index contributed by atoms with van der Waals surface area (Å²) >= 11 is 3.42. The van der Waals surface area contributed by atoms with Crippen LogP contribution in [0.25, 0.3) is 0 Å². The average Bonchev–Trinajstić information content (AvgIpc) is 2.35. The topological polar surface area (TPSA) is 44.4 Å². The number of piperazine rings is 1. The van der Waals surface area contributed by atoms with E-state index < -0.39 is 0 Å². The molecule has 1 aromatic carbocycles. The largest absolute Gasteiger partial charge is 0.324 e. The van der Waals surface area contributed by atoms with Crippen LogP contribution >= 0.6 is 28.3 Å². The van der Waals surface area contributed by atoms with Crippen molar-refractivity contribution >= 4 is 39.9 Å². The maximum Gasteiger partial charge on any atom is 0.238 e. The maximum atomic E-state index is 12.0. The second-order valence-electron chi connectivity index (χ2n) is 4.55. The smallest absolute Gasteiger partial charge is 0.238 e. The van der Waals surface area contributed by atoms with Crippen LogP contribution in [0.3, 0.4) is 0 Å². The molecule has 0 aliphatic carbocycles. The molecule has 1 fully saturated rings. The minimum absolute atomic E-state index is 0. The van der Waals surface area contributed by atoms with E-state index in [4.69, 9.17) is 0 Å². The lowest BCUT2D eigenvalue weighted by molar-refractivity contribution is -0.118. The van der Waals surface area contributed by atoms with Gasteiger partial charge in [-0.05, 0) is 35.0 Å². The molecule has 6 heteroatoms. The lowest BCUT2D eigenvalue weighted by atomic mass is 10.2. The highest BCUT2D eigenvalue weighted by atomic mass is 79.9. The number of amides is 1. The molecule has 2 N–H and O–H groups in total. The van der Waals surface area contributed by atoms with Crippen LogP contribution in [-0.4, -0.2) is 43.0 Å². The van der Waals surface area contributed by atoms with Crippen molar-refractivity contribution in [2.45, 2.75) is 13.0 Å². The first-order valence-corrected chi connectivity index (χ1v) is 6.95. The van der Waals surface area contributed by atoms with Crippen LogP contribution in [0.4, 0.5) is 5.69 Å². The maximum absolute atomic E-state index is 12.0. The van der Waals surface area contributed by atoms with Crippen molar-refractivity contribution < 1.29 is 4.79 Å². The van der Waals surface area contributed by atoms with E-state index in [9.17, 15) is 4.79 Å². The van der Waals surface area contributed by atoms with E-state index in [1.54, 1.807) is 0 Å². The number of carbonyl (C=O) groups excluding carboxylic acids is 1. The van der Waals surface area contributed by atoms with Crippen LogP contribution in [0.15, 0.2) is 28.7 Å². The highest BCUT2D eigenvalue weighted by molar-refractivity contribution is 9.10. The van der Waals surface area contributed by atoms with Gasteiger partial charge in [-0.25, -0.2) is 0 Å². The molecule has 0 radical (unpaired) electrons. The normalized spacial score (nSPS) is 19.6. The van der Waals surface area contributed by atoms with E-state index in [1.807, 2.05) is 24.3 Å². The lowest BCUT2D eigenvalue weighted by Crippen LogP contribution is -2.51. The summed E-state index contributed by atoms with van der Waals surface area (Å²) in [5.74, 6) is 0.0376. The molecule has 4 nitrogen and oxygen atoms in total. The summed E-state index contributed by atoms with van der Waals surface area (Å²) in [6.45, 7) is 5.40. The van der Waals surface area contributed by atoms with Gasteiger partial charge in [-0.2, -0.15) is 0 Å². The Morgan fingerprint density at radius 2 is 2.26 bits per heavy atom. The predicted octanol–water partition coefficient (Wildman–Crippen LogP) is 2.10. The van der Waals surface area contributed by atoms with E-state index in [0.29, 0.717) is 12.6 Å². The molecular formula is C13H19BrClN3O.